The van der Waals surface area contributed by atoms with Gasteiger partial charge in [-0.1, -0.05) is 0 Å². The van der Waals surface area contributed by atoms with Crippen molar-refractivity contribution < 1.29 is 9.59 Å². The molecule has 0 atom stereocenters. The van der Waals surface area contributed by atoms with Crippen LogP contribution in [-0.2, 0) is 4.79 Å². The first-order valence-corrected chi connectivity index (χ1v) is 5.01. The fraction of sp³-hybridized carbons (Fsp3) is 0.778. The third-order valence-corrected chi connectivity index (χ3v) is 2.35. The number of amides is 3. The van der Waals surface area contributed by atoms with Gasteiger partial charge in [-0.3, -0.25) is 4.79 Å². The Bertz CT molecular complexity index is 212. The monoisotopic (exact) mass is 199 g/mol. The van der Waals surface area contributed by atoms with E-state index in [1.54, 1.807) is 0 Å². The first-order chi connectivity index (χ1) is 6.70. The van der Waals surface area contributed by atoms with E-state index in [2.05, 4.69) is 5.32 Å². The Morgan fingerprint density at radius 3 is 2.43 bits per heavy atom. The molecule has 0 spiro atoms. The Kier molecular flexibility index (Phi) is 4.22. The number of primary amides is 1. The molecule has 0 unspecified atom stereocenters. The van der Waals surface area contributed by atoms with Crippen LogP contribution in [0.3, 0.4) is 0 Å². The second kappa shape index (κ2) is 5.47. The molecule has 1 aliphatic rings. The summed E-state index contributed by atoms with van der Waals surface area (Å²) in [5.74, 6) is 0.110. The second-order valence-electron chi connectivity index (χ2n) is 3.48. The van der Waals surface area contributed by atoms with Crippen molar-refractivity contribution in [2.24, 2.45) is 5.73 Å². The number of urea groups is 1. The van der Waals surface area contributed by atoms with Crippen molar-refractivity contribution in [2.45, 2.75) is 25.7 Å². The molecule has 14 heavy (non-hydrogen) atoms. The van der Waals surface area contributed by atoms with Gasteiger partial charge >= 0.3 is 6.03 Å². The first kappa shape index (κ1) is 10.8. The van der Waals surface area contributed by atoms with Gasteiger partial charge in [-0.25, -0.2) is 4.79 Å². The normalized spacial score (nSPS) is 16.4. The Morgan fingerprint density at radius 1 is 1.21 bits per heavy atom. The van der Waals surface area contributed by atoms with E-state index in [1.165, 1.54) is 6.42 Å². The molecule has 1 fully saturated rings. The quantitative estimate of drug-likeness (QED) is 0.674. The lowest BCUT2D eigenvalue weighted by molar-refractivity contribution is -0.131. The van der Waals surface area contributed by atoms with Gasteiger partial charge in [-0.05, 0) is 19.3 Å². The number of rotatable bonds is 3. The summed E-state index contributed by atoms with van der Waals surface area (Å²) in [5, 5.41) is 2.41. The Morgan fingerprint density at radius 2 is 1.86 bits per heavy atom. The molecule has 80 valence electrons. The lowest BCUT2D eigenvalue weighted by Gasteiger charge is -2.26. The smallest absolute Gasteiger partial charge is 0.312 e. The van der Waals surface area contributed by atoms with Crippen LogP contribution in [0.5, 0.6) is 0 Å². The number of nitrogens with two attached hydrogens (primary N) is 1. The van der Waals surface area contributed by atoms with Crippen LogP contribution in [0.15, 0.2) is 0 Å². The van der Waals surface area contributed by atoms with Gasteiger partial charge in [-0.2, -0.15) is 0 Å². The molecule has 1 aliphatic heterocycles. The highest BCUT2D eigenvalue weighted by Crippen LogP contribution is 2.09. The molecule has 1 saturated heterocycles. The van der Waals surface area contributed by atoms with Crippen molar-refractivity contribution in [1.82, 2.24) is 10.2 Å². The first-order valence-electron chi connectivity index (χ1n) is 5.01. The molecule has 0 aromatic heterocycles. The van der Waals surface area contributed by atoms with Crippen LogP contribution in [0.1, 0.15) is 25.7 Å². The summed E-state index contributed by atoms with van der Waals surface area (Å²) in [7, 11) is 0. The zero-order chi connectivity index (χ0) is 10.4. The van der Waals surface area contributed by atoms with Crippen LogP contribution in [0.2, 0.25) is 0 Å². The van der Waals surface area contributed by atoms with Crippen LogP contribution in [0.4, 0.5) is 4.79 Å². The molecule has 5 nitrogen and oxygen atoms in total. The highest BCUT2D eigenvalue weighted by Gasteiger charge is 2.15. The lowest BCUT2D eigenvalue weighted by Crippen LogP contribution is -2.38. The van der Waals surface area contributed by atoms with Crippen LogP contribution in [0.25, 0.3) is 0 Å². The number of carbonyl (C=O) groups excluding carboxylic acids is 2. The van der Waals surface area contributed by atoms with E-state index in [0.717, 1.165) is 25.9 Å². The number of hydrogen-bond donors (Lipinski definition) is 2. The minimum Gasteiger partial charge on any atom is -0.352 e. The fourth-order valence-corrected chi connectivity index (χ4v) is 1.59. The zero-order valence-corrected chi connectivity index (χ0v) is 8.29. The minimum atomic E-state index is -0.573. The maximum absolute atomic E-state index is 11.5. The molecule has 3 amide bonds. The van der Waals surface area contributed by atoms with Crippen LogP contribution in [0, 0.1) is 0 Å². The maximum atomic E-state index is 11.5. The molecule has 0 aromatic carbocycles. The largest absolute Gasteiger partial charge is 0.352 e. The molecule has 1 rings (SSSR count). The minimum absolute atomic E-state index is 0.110. The standard InChI is InChI=1S/C9H17N3O2/c10-9(14)11-5-4-8(13)12-6-2-1-3-7-12/h1-7H2,(H3,10,11,14). The van der Waals surface area contributed by atoms with E-state index in [4.69, 9.17) is 5.73 Å². The summed E-state index contributed by atoms with van der Waals surface area (Å²) in [4.78, 5) is 23.7. The van der Waals surface area contributed by atoms with Crippen molar-refractivity contribution in [3.8, 4) is 0 Å². The fourth-order valence-electron chi connectivity index (χ4n) is 1.59. The predicted molar refractivity (Wildman–Crippen MR) is 52.6 cm³/mol. The molecule has 5 heteroatoms. The van der Waals surface area contributed by atoms with E-state index in [-0.39, 0.29) is 5.91 Å². The van der Waals surface area contributed by atoms with Crippen molar-refractivity contribution in [2.75, 3.05) is 19.6 Å². The predicted octanol–water partition coefficient (Wildman–Crippen LogP) is 0.0573. The average Bonchev–Trinajstić information content (AvgIpc) is 2.18. The summed E-state index contributed by atoms with van der Waals surface area (Å²) in [5.41, 5.74) is 4.88. The van der Waals surface area contributed by atoms with E-state index in [1.807, 2.05) is 4.90 Å². The summed E-state index contributed by atoms with van der Waals surface area (Å²) in [6, 6.07) is -0.573. The summed E-state index contributed by atoms with van der Waals surface area (Å²) >= 11 is 0. The van der Waals surface area contributed by atoms with Gasteiger partial charge in [0.25, 0.3) is 0 Å². The molecule has 0 bridgehead atoms. The van der Waals surface area contributed by atoms with Crippen molar-refractivity contribution in [1.29, 1.82) is 0 Å². The molecule has 3 N–H and O–H groups in total. The summed E-state index contributed by atoms with van der Waals surface area (Å²) < 4.78 is 0. The number of nitrogens with zero attached hydrogens (tertiary/aromatic N) is 1. The topological polar surface area (TPSA) is 75.4 Å². The van der Waals surface area contributed by atoms with E-state index in [9.17, 15) is 9.59 Å². The molecule has 0 aliphatic carbocycles. The maximum Gasteiger partial charge on any atom is 0.312 e. The van der Waals surface area contributed by atoms with Crippen molar-refractivity contribution in [3.63, 3.8) is 0 Å². The third kappa shape index (κ3) is 3.64. The third-order valence-electron chi connectivity index (χ3n) is 2.35. The van der Waals surface area contributed by atoms with Gasteiger partial charge < -0.3 is 16.0 Å². The number of hydrogen-bond acceptors (Lipinski definition) is 2. The SMILES string of the molecule is NC(=O)NCCC(=O)N1CCCCC1. The molecular weight excluding hydrogens is 182 g/mol. The average molecular weight is 199 g/mol. The molecule has 0 aromatic rings. The second-order valence-corrected chi connectivity index (χ2v) is 3.48. The van der Waals surface area contributed by atoms with Crippen LogP contribution < -0.4 is 11.1 Å². The van der Waals surface area contributed by atoms with E-state index < -0.39 is 6.03 Å². The molecule has 1 heterocycles. The highest BCUT2D eigenvalue weighted by atomic mass is 16.2. The zero-order valence-electron chi connectivity index (χ0n) is 8.29. The van der Waals surface area contributed by atoms with Crippen molar-refractivity contribution in [3.05, 3.63) is 0 Å². The van der Waals surface area contributed by atoms with Crippen LogP contribution >= 0.6 is 0 Å². The van der Waals surface area contributed by atoms with Crippen LogP contribution in [-0.4, -0.2) is 36.5 Å². The van der Waals surface area contributed by atoms with Gasteiger partial charge in [-0.15, -0.1) is 0 Å². The van der Waals surface area contributed by atoms with E-state index >= 15 is 0 Å². The number of carbonyl (C=O) groups is 2. The molecule has 0 saturated carbocycles. The van der Waals surface area contributed by atoms with Gasteiger partial charge in [0, 0.05) is 26.1 Å². The van der Waals surface area contributed by atoms with Gasteiger partial charge in [0.15, 0.2) is 0 Å². The Hall–Kier alpha value is -1.26. The highest BCUT2D eigenvalue weighted by molar-refractivity contribution is 5.77. The summed E-state index contributed by atoms with van der Waals surface area (Å²) in [6.45, 7) is 2.05. The Labute approximate surface area is 83.6 Å². The molecule has 0 radical (unpaired) electrons. The number of likely N-dealkylation sites (tertiary alicyclic amines) is 1. The number of piperidine rings is 1. The Balaban J connectivity index is 2.16. The van der Waals surface area contributed by atoms with Gasteiger partial charge in [0.05, 0.1) is 0 Å². The van der Waals surface area contributed by atoms with E-state index in [0.29, 0.717) is 13.0 Å². The lowest BCUT2D eigenvalue weighted by atomic mass is 10.1. The summed E-state index contributed by atoms with van der Waals surface area (Å²) in [6.07, 6.45) is 3.75. The van der Waals surface area contributed by atoms with Gasteiger partial charge in [0.2, 0.25) is 5.91 Å². The van der Waals surface area contributed by atoms with Gasteiger partial charge in [0.1, 0.15) is 0 Å². The van der Waals surface area contributed by atoms with Crippen molar-refractivity contribution >= 4 is 11.9 Å². The number of nitrogens with one attached hydrogen (secondary N) is 1. The molecular formula is C9H17N3O2.